The largest absolute Gasteiger partial charge is 0.478 e. The van der Waals surface area contributed by atoms with E-state index in [-0.39, 0.29) is 23.2 Å². The van der Waals surface area contributed by atoms with Gasteiger partial charge in [-0.1, -0.05) is 30.3 Å². The first-order valence-electron chi connectivity index (χ1n) is 9.19. The number of rotatable bonds is 6. The van der Waals surface area contributed by atoms with Gasteiger partial charge in [-0.2, -0.15) is 0 Å². The molecule has 1 N–H and O–H groups in total. The number of benzene rings is 1. The molecule has 1 saturated heterocycles. The molecule has 1 fully saturated rings. The molecule has 0 radical (unpaired) electrons. The Hall–Kier alpha value is -2.69. The number of nitrogens with zero attached hydrogens (tertiary/aromatic N) is 2. The van der Waals surface area contributed by atoms with Gasteiger partial charge in [0.1, 0.15) is 5.69 Å². The minimum Gasteiger partial charge on any atom is -0.478 e. The van der Waals surface area contributed by atoms with Gasteiger partial charge in [0.25, 0.3) is 5.91 Å². The van der Waals surface area contributed by atoms with Gasteiger partial charge in [0, 0.05) is 18.8 Å². The van der Waals surface area contributed by atoms with Crippen molar-refractivity contribution in [3.63, 3.8) is 0 Å². The maximum atomic E-state index is 12.9. The van der Waals surface area contributed by atoms with Gasteiger partial charge in [0.05, 0.1) is 5.56 Å². The fraction of sp³-hybridized carbons (Fsp3) is 0.381. The quantitative estimate of drug-likeness (QED) is 0.858. The number of carbonyl (C=O) groups is 2. The van der Waals surface area contributed by atoms with Crippen molar-refractivity contribution in [3.05, 3.63) is 65.5 Å². The van der Waals surface area contributed by atoms with Gasteiger partial charge in [-0.15, -0.1) is 0 Å². The maximum absolute atomic E-state index is 12.9. The molecule has 5 heteroatoms. The first-order valence-corrected chi connectivity index (χ1v) is 9.19. The number of aryl methyl sites for hydroxylation is 1. The average molecular weight is 352 g/mol. The Labute approximate surface area is 153 Å². The summed E-state index contributed by atoms with van der Waals surface area (Å²) >= 11 is 0. The molecule has 1 aromatic carbocycles. The smallest absolute Gasteiger partial charge is 0.335 e. The normalized spacial score (nSPS) is 17.1. The number of carbonyl (C=O) groups excluding carboxylic acids is 1. The number of hydrogen-bond donors (Lipinski definition) is 1. The molecule has 2 heterocycles. The van der Waals surface area contributed by atoms with E-state index in [2.05, 4.69) is 17.1 Å². The first-order chi connectivity index (χ1) is 12.6. The van der Waals surface area contributed by atoms with Crippen LogP contribution in [0, 0.1) is 0 Å². The van der Waals surface area contributed by atoms with Crippen LogP contribution in [-0.4, -0.2) is 39.5 Å². The SMILES string of the molecule is O=C(O)c1ccnc(C(=O)N2CCCCC2CCCc2ccccc2)c1. The second-order valence-corrected chi connectivity index (χ2v) is 6.76. The third kappa shape index (κ3) is 4.48. The highest BCUT2D eigenvalue weighted by molar-refractivity contribution is 5.96. The van der Waals surface area contributed by atoms with E-state index in [0.29, 0.717) is 6.54 Å². The monoisotopic (exact) mass is 352 g/mol. The second-order valence-electron chi connectivity index (χ2n) is 6.76. The molecule has 1 aliphatic rings. The third-order valence-corrected chi connectivity index (χ3v) is 4.96. The van der Waals surface area contributed by atoms with E-state index in [1.54, 1.807) is 0 Å². The summed E-state index contributed by atoms with van der Waals surface area (Å²) in [7, 11) is 0. The Morgan fingerprint density at radius 2 is 1.96 bits per heavy atom. The zero-order valence-electron chi connectivity index (χ0n) is 14.8. The van der Waals surface area contributed by atoms with E-state index >= 15 is 0 Å². The van der Waals surface area contributed by atoms with Crippen LogP contribution in [0.4, 0.5) is 0 Å². The van der Waals surface area contributed by atoms with Gasteiger partial charge in [-0.3, -0.25) is 9.78 Å². The maximum Gasteiger partial charge on any atom is 0.335 e. The standard InChI is InChI=1S/C21H24N2O3/c24-20(19-15-17(21(25)26)12-13-22-19)23-14-5-4-10-18(23)11-6-9-16-7-2-1-3-8-16/h1-3,7-8,12-13,15,18H,4-6,9-11,14H2,(H,25,26). The van der Waals surface area contributed by atoms with Gasteiger partial charge in [-0.05, 0) is 56.2 Å². The average Bonchev–Trinajstić information content (AvgIpc) is 2.69. The van der Waals surface area contributed by atoms with E-state index in [9.17, 15) is 9.59 Å². The number of pyridine rings is 1. The minimum atomic E-state index is -1.04. The summed E-state index contributed by atoms with van der Waals surface area (Å²) in [6.45, 7) is 0.716. The molecule has 1 aromatic heterocycles. The van der Waals surface area contributed by atoms with Gasteiger partial charge in [0.2, 0.25) is 0 Å². The Morgan fingerprint density at radius 3 is 2.73 bits per heavy atom. The number of piperidine rings is 1. The summed E-state index contributed by atoms with van der Waals surface area (Å²) in [6.07, 6.45) is 7.50. The van der Waals surface area contributed by atoms with E-state index in [1.165, 1.54) is 23.9 Å². The Morgan fingerprint density at radius 1 is 1.15 bits per heavy atom. The highest BCUT2D eigenvalue weighted by Crippen LogP contribution is 2.23. The predicted molar refractivity (Wildman–Crippen MR) is 99.3 cm³/mol. The van der Waals surface area contributed by atoms with Crippen LogP contribution < -0.4 is 0 Å². The molecule has 1 unspecified atom stereocenters. The van der Waals surface area contributed by atoms with Crippen LogP contribution in [0.1, 0.15) is 58.5 Å². The van der Waals surface area contributed by atoms with E-state index in [1.807, 2.05) is 23.1 Å². The molecule has 26 heavy (non-hydrogen) atoms. The van der Waals surface area contributed by atoms with Crippen molar-refractivity contribution in [2.75, 3.05) is 6.54 Å². The molecule has 1 atom stereocenters. The lowest BCUT2D eigenvalue weighted by Gasteiger charge is -2.35. The lowest BCUT2D eigenvalue weighted by Crippen LogP contribution is -2.44. The van der Waals surface area contributed by atoms with E-state index in [4.69, 9.17) is 5.11 Å². The van der Waals surface area contributed by atoms with Crippen molar-refractivity contribution in [2.24, 2.45) is 0 Å². The zero-order chi connectivity index (χ0) is 18.4. The number of aromatic carboxylic acids is 1. The molecular weight excluding hydrogens is 328 g/mol. The zero-order valence-corrected chi connectivity index (χ0v) is 14.8. The minimum absolute atomic E-state index is 0.0981. The van der Waals surface area contributed by atoms with Crippen molar-refractivity contribution < 1.29 is 14.7 Å². The van der Waals surface area contributed by atoms with Gasteiger partial charge < -0.3 is 10.0 Å². The summed E-state index contributed by atoms with van der Waals surface area (Å²) in [5.41, 5.74) is 1.64. The van der Waals surface area contributed by atoms with Crippen molar-refractivity contribution in [3.8, 4) is 0 Å². The van der Waals surface area contributed by atoms with Gasteiger partial charge in [0.15, 0.2) is 0 Å². The fourth-order valence-electron chi connectivity index (χ4n) is 3.58. The topological polar surface area (TPSA) is 70.5 Å². The highest BCUT2D eigenvalue weighted by atomic mass is 16.4. The van der Waals surface area contributed by atoms with Crippen LogP contribution in [-0.2, 0) is 6.42 Å². The molecule has 0 spiro atoms. The summed E-state index contributed by atoms with van der Waals surface area (Å²) in [4.78, 5) is 30.0. The summed E-state index contributed by atoms with van der Waals surface area (Å²) in [5.74, 6) is -1.20. The predicted octanol–water partition coefficient (Wildman–Crippen LogP) is 3.80. The van der Waals surface area contributed by atoms with Crippen LogP contribution in [0.5, 0.6) is 0 Å². The highest BCUT2D eigenvalue weighted by Gasteiger charge is 2.28. The third-order valence-electron chi connectivity index (χ3n) is 4.96. The molecule has 136 valence electrons. The molecular formula is C21H24N2O3. The molecule has 5 nitrogen and oxygen atoms in total. The second kappa shape index (κ2) is 8.61. The number of carboxylic acid groups (broad SMARTS) is 1. The van der Waals surface area contributed by atoms with Crippen molar-refractivity contribution in [1.29, 1.82) is 0 Å². The van der Waals surface area contributed by atoms with E-state index in [0.717, 1.165) is 38.5 Å². The van der Waals surface area contributed by atoms with Crippen LogP contribution >= 0.6 is 0 Å². The number of likely N-dealkylation sites (tertiary alicyclic amines) is 1. The number of amides is 1. The number of hydrogen-bond acceptors (Lipinski definition) is 3. The van der Waals surface area contributed by atoms with Crippen LogP contribution in [0.2, 0.25) is 0 Å². The van der Waals surface area contributed by atoms with Crippen LogP contribution in [0.15, 0.2) is 48.7 Å². The van der Waals surface area contributed by atoms with Gasteiger partial charge >= 0.3 is 5.97 Å². The van der Waals surface area contributed by atoms with Crippen molar-refractivity contribution >= 4 is 11.9 Å². The summed E-state index contributed by atoms with van der Waals surface area (Å²) in [6, 6.07) is 13.4. The Balaban J connectivity index is 1.65. The number of carboxylic acids is 1. The molecule has 0 saturated carbocycles. The lowest BCUT2D eigenvalue weighted by atomic mass is 9.95. The lowest BCUT2D eigenvalue weighted by molar-refractivity contribution is 0.0593. The van der Waals surface area contributed by atoms with Crippen molar-refractivity contribution in [2.45, 2.75) is 44.6 Å². The number of aromatic nitrogens is 1. The first kappa shape index (κ1) is 18.1. The molecule has 2 aromatic rings. The Kier molecular flexibility index (Phi) is 6.00. The molecule has 0 bridgehead atoms. The summed E-state index contributed by atoms with van der Waals surface area (Å²) < 4.78 is 0. The molecule has 0 aliphatic carbocycles. The van der Waals surface area contributed by atoms with Crippen LogP contribution in [0.3, 0.4) is 0 Å². The molecule has 1 aliphatic heterocycles. The van der Waals surface area contributed by atoms with Gasteiger partial charge in [-0.25, -0.2) is 4.79 Å². The van der Waals surface area contributed by atoms with E-state index < -0.39 is 5.97 Å². The fourth-order valence-corrected chi connectivity index (χ4v) is 3.58. The summed E-state index contributed by atoms with van der Waals surface area (Å²) in [5, 5.41) is 9.13. The van der Waals surface area contributed by atoms with Crippen LogP contribution in [0.25, 0.3) is 0 Å². The molecule has 1 amide bonds. The van der Waals surface area contributed by atoms with Crippen molar-refractivity contribution in [1.82, 2.24) is 9.88 Å². The molecule has 3 rings (SSSR count). The Bertz CT molecular complexity index is 761.